The van der Waals surface area contributed by atoms with Gasteiger partial charge in [0.25, 0.3) is 0 Å². The molecule has 0 amide bonds. The van der Waals surface area contributed by atoms with E-state index in [1.165, 1.54) is 0 Å². The second-order valence-corrected chi connectivity index (χ2v) is 0. The Labute approximate surface area is 70.4 Å². The van der Waals surface area contributed by atoms with E-state index in [0.717, 1.165) is 0 Å². The van der Waals surface area contributed by atoms with Crippen LogP contribution in [-0.4, -0.2) is 0 Å². The van der Waals surface area contributed by atoms with Crippen LogP contribution in [0.15, 0.2) is 0 Å². The van der Waals surface area contributed by atoms with Gasteiger partial charge in [-0.2, -0.15) is 0 Å². The topological polar surface area (TPSA) is 0 Å². The average Bonchev–Trinajstić information content (AvgIpc) is 0. The van der Waals surface area contributed by atoms with Crippen molar-refractivity contribution in [2.75, 3.05) is 0 Å². The standard InChI is InChI=1S/4CH3.2Pd/h4*1H3;;/q4*-1;;. The van der Waals surface area contributed by atoms with Gasteiger partial charge in [-0.1, -0.05) is 0 Å². The quantitative estimate of drug-likeness (QED) is 0.466. The molecule has 52 valence electrons. The summed E-state index contributed by atoms with van der Waals surface area (Å²) in [7, 11) is 0. The summed E-state index contributed by atoms with van der Waals surface area (Å²) in [5, 5.41) is 0. The molecule has 0 heterocycles. The zero-order chi connectivity index (χ0) is 0. The summed E-state index contributed by atoms with van der Waals surface area (Å²) in [6, 6.07) is 0. The first-order valence-electron chi connectivity index (χ1n) is 0. The Kier molecular flexibility index (Phi) is 2840. The van der Waals surface area contributed by atoms with Gasteiger partial charge in [0, 0.05) is 40.8 Å². The van der Waals surface area contributed by atoms with Crippen LogP contribution in [0.2, 0.25) is 0 Å². The fraction of sp³-hybridized carbons (Fsp3) is 0. The Morgan fingerprint density at radius 3 is 0.333 bits per heavy atom. The molecule has 0 aliphatic carbocycles. The maximum absolute atomic E-state index is 0. The number of hydrogen-bond acceptors (Lipinski definition) is 0. The van der Waals surface area contributed by atoms with Crippen molar-refractivity contribution in [3.63, 3.8) is 0 Å². The summed E-state index contributed by atoms with van der Waals surface area (Å²) < 4.78 is 0. The molecule has 0 spiro atoms. The molecule has 0 nitrogen and oxygen atoms in total. The molecule has 0 fully saturated rings. The number of rotatable bonds is 0. The van der Waals surface area contributed by atoms with Crippen LogP contribution in [0.3, 0.4) is 0 Å². The van der Waals surface area contributed by atoms with E-state index in [1.54, 1.807) is 0 Å². The molecule has 0 aliphatic heterocycles. The van der Waals surface area contributed by atoms with Crippen molar-refractivity contribution in [1.29, 1.82) is 0 Å². The maximum atomic E-state index is 0. The zero-order valence-corrected chi connectivity index (χ0v) is 7.74. The molecule has 0 aromatic heterocycles. The fourth-order valence-electron chi connectivity index (χ4n) is 0. The van der Waals surface area contributed by atoms with Gasteiger partial charge >= 0.3 is 0 Å². The summed E-state index contributed by atoms with van der Waals surface area (Å²) in [5.41, 5.74) is 0. The van der Waals surface area contributed by atoms with Gasteiger partial charge in [0.05, 0.1) is 0 Å². The van der Waals surface area contributed by atoms with E-state index >= 15 is 0 Å². The molecule has 6 heavy (non-hydrogen) atoms. The molecule has 0 aliphatic rings. The molecule has 0 N–H and O–H groups in total. The van der Waals surface area contributed by atoms with Crippen LogP contribution in [0.25, 0.3) is 0 Å². The maximum Gasteiger partial charge on any atom is 0 e. The van der Waals surface area contributed by atoms with Gasteiger partial charge in [-0.05, 0) is 0 Å². The zero-order valence-electron chi connectivity index (χ0n) is 4.63. The summed E-state index contributed by atoms with van der Waals surface area (Å²) in [6.45, 7) is 0. The third-order valence-corrected chi connectivity index (χ3v) is 0. The van der Waals surface area contributed by atoms with E-state index in [2.05, 4.69) is 0 Å². The largest absolute Gasteiger partial charge is 0.358 e. The fourth-order valence-corrected chi connectivity index (χ4v) is 0. The molecule has 0 aromatic carbocycles. The van der Waals surface area contributed by atoms with Gasteiger partial charge in [0.1, 0.15) is 0 Å². The molecular formula is C4H12Pd2-4. The van der Waals surface area contributed by atoms with E-state index in [9.17, 15) is 0 Å². The molecule has 0 bridgehead atoms. The number of hydrogen-bond donors (Lipinski definition) is 0. The van der Waals surface area contributed by atoms with Crippen LogP contribution >= 0.6 is 0 Å². The first-order valence-corrected chi connectivity index (χ1v) is 0. The normalized spacial score (nSPS) is 0. The summed E-state index contributed by atoms with van der Waals surface area (Å²) in [5.74, 6) is 0. The minimum absolute atomic E-state index is 0. The van der Waals surface area contributed by atoms with Crippen molar-refractivity contribution in [2.24, 2.45) is 0 Å². The van der Waals surface area contributed by atoms with Crippen LogP contribution in [0.5, 0.6) is 0 Å². The molecule has 0 radical (unpaired) electrons. The van der Waals surface area contributed by atoms with Crippen LogP contribution < -0.4 is 0 Å². The van der Waals surface area contributed by atoms with Crippen LogP contribution in [-0.2, 0) is 40.8 Å². The summed E-state index contributed by atoms with van der Waals surface area (Å²) in [4.78, 5) is 0. The predicted octanol–water partition coefficient (Wildman–Crippen LogP) is 1.80. The predicted molar refractivity (Wildman–Crippen MR) is 25.7 cm³/mol. The van der Waals surface area contributed by atoms with Crippen molar-refractivity contribution in [1.82, 2.24) is 0 Å². The molecule has 0 aromatic rings. The molecule has 0 unspecified atom stereocenters. The first kappa shape index (κ1) is 167. The summed E-state index contributed by atoms with van der Waals surface area (Å²) >= 11 is 0. The van der Waals surface area contributed by atoms with Crippen LogP contribution in [0, 0.1) is 29.7 Å². The second-order valence-electron chi connectivity index (χ2n) is 0. The van der Waals surface area contributed by atoms with Crippen LogP contribution in [0.1, 0.15) is 0 Å². The Balaban J connectivity index is 0. The van der Waals surface area contributed by atoms with E-state index in [0.29, 0.717) is 0 Å². The van der Waals surface area contributed by atoms with Crippen LogP contribution in [0.4, 0.5) is 0 Å². The van der Waals surface area contributed by atoms with Crippen molar-refractivity contribution in [3.8, 4) is 0 Å². The molecule has 2 heteroatoms. The molecule has 0 rings (SSSR count). The van der Waals surface area contributed by atoms with E-state index in [1.807, 2.05) is 0 Å². The monoisotopic (exact) mass is 272 g/mol. The Morgan fingerprint density at radius 2 is 0.333 bits per heavy atom. The Hall–Kier alpha value is 1.32. The van der Waals surface area contributed by atoms with Gasteiger partial charge in [-0.3, -0.25) is 0 Å². The van der Waals surface area contributed by atoms with E-state index in [-0.39, 0.29) is 70.6 Å². The Bertz CT molecular complexity index is 5.51. The van der Waals surface area contributed by atoms with Gasteiger partial charge in [-0.15, -0.1) is 0 Å². The molecule has 0 atom stereocenters. The van der Waals surface area contributed by atoms with E-state index < -0.39 is 0 Å². The Morgan fingerprint density at radius 1 is 0.333 bits per heavy atom. The van der Waals surface area contributed by atoms with Crippen molar-refractivity contribution < 1.29 is 40.8 Å². The van der Waals surface area contributed by atoms with Crippen molar-refractivity contribution in [2.45, 2.75) is 0 Å². The van der Waals surface area contributed by atoms with Gasteiger partial charge < -0.3 is 29.7 Å². The van der Waals surface area contributed by atoms with Gasteiger partial charge in [-0.25, -0.2) is 0 Å². The average molecular weight is 273 g/mol. The summed E-state index contributed by atoms with van der Waals surface area (Å²) in [6.07, 6.45) is 0. The first-order chi connectivity index (χ1) is 0. The van der Waals surface area contributed by atoms with Crippen molar-refractivity contribution >= 4 is 0 Å². The van der Waals surface area contributed by atoms with Gasteiger partial charge in [0.2, 0.25) is 0 Å². The minimum atomic E-state index is 0. The van der Waals surface area contributed by atoms with Gasteiger partial charge in [0.15, 0.2) is 0 Å². The SMILES string of the molecule is [CH3-].[CH3-].[CH3-].[CH3-].[Pd].[Pd]. The molecule has 0 saturated carbocycles. The molecule has 0 saturated heterocycles. The van der Waals surface area contributed by atoms with Crippen molar-refractivity contribution in [3.05, 3.63) is 29.7 Å². The smallest absolute Gasteiger partial charge is 0 e. The molecular weight excluding hydrogens is 261 g/mol. The third kappa shape index (κ3) is 56.8. The minimum Gasteiger partial charge on any atom is -0.358 e. The third-order valence-electron chi connectivity index (χ3n) is 0. The second kappa shape index (κ2) is 102. The van der Waals surface area contributed by atoms with E-state index in [4.69, 9.17) is 0 Å².